The second kappa shape index (κ2) is 7.42. The van der Waals surface area contributed by atoms with E-state index in [1.165, 1.54) is 17.0 Å². The van der Waals surface area contributed by atoms with E-state index in [2.05, 4.69) is 0 Å². The average molecular weight is 425 g/mol. The molecule has 0 saturated carbocycles. The van der Waals surface area contributed by atoms with Gasteiger partial charge in [-0.2, -0.15) is 30.7 Å². The molecule has 1 fully saturated rings. The van der Waals surface area contributed by atoms with Gasteiger partial charge in [0.2, 0.25) is 0 Å². The molecule has 1 aliphatic rings. The molecular formula is C15H13ClF8N2O. The molecule has 0 spiro atoms. The summed E-state index contributed by atoms with van der Waals surface area (Å²) in [4.78, 5) is 13.3. The van der Waals surface area contributed by atoms with Crippen LogP contribution in [0.25, 0.3) is 0 Å². The van der Waals surface area contributed by atoms with Gasteiger partial charge in [-0.15, -0.1) is 0 Å². The van der Waals surface area contributed by atoms with E-state index in [1.807, 2.05) is 0 Å². The third kappa shape index (κ3) is 4.13. The van der Waals surface area contributed by atoms with E-state index in [0.29, 0.717) is 0 Å². The molecule has 1 aromatic rings. The third-order valence-electron chi connectivity index (χ3n) is 4.12. The lowest BCUT2D eigenvalue weighted by atomic mass is 10.1. The quantitative estimate of drug-likeness (QED) is 0.683. The molecule has 1 amide bonds. The summed E-state index contributed by atoms with van der Waals surface area (Å²) < 4.78 is 103. The van der Waals surface area contributed by atoms with E-state index in [1.54, 1.807) is 0 Å². The van der Waals surface area contributed by atoms with Gasteiger partial charge in [-0.05, 0) is 12.1 Å². The Hall–Kier alpha value is -1.62. The fourth-order valence-corrected chi connectivity index (χ4v) is 2.75. The van der Waals surface area contributed by atoms with E-state index in [9.17, 15) is 39.9 Å². The number of rotatable bonds is 4. The van der Waals surface area contributed by atoms with Gasteiger partial charge in [0.25, 0.3) is 5.91 Å². The Morgan fingerprint density at radius 1 is 1.00 bits per heavy atom. The predicted octanol–water partition coefficient (Wildman–Crippen LogP) is 3.96. The van der Waals surface area contributed by atoms with Crippen LogP contribution in [0.3, 0.4) is 0 Å². The van der Waals surface area contributed by atoms with Gasteiger partial charge in [-0.1, -0.05) is 17.7 Å². The zero-order valence-electron chi connectivity index (χ0n) is 13.5. The van der Waals surface area contributed by atoms with E-state index >= 15 is 0 Å². The first-order valence-electron chi connectivity index (χ1n) is 7.56. The van der Waals surface area contributed by atoms with Crippen molar-refractivity contribution >= 4 is 17.5 Å². The molecule has 0 aromatic heterocycles. The minimum atomic E-state index is -6.57. The number of halogens is 9. The normalized spacial score (nSPS) is 17.3. The fraction of sp³-hybridized carbons (Fsp3) is 0.533. The molecule has 0 aliphatic carbocycles. The molecule has 0 bridgehead atoms. The van der Waals surface area contributed by atoms with Gasteiger partial charge in [-0.25, -0.2) is 4.39 Å². The van der Waals surface area contributed by atoms with Crippen LogP contribution >= 0.6 is 11.6 Å². The van der Waals surface area contributed by atoms with Crippen LogP contribution in [0, 0.1) is 5.82 Å². The average Bonchev–Trinajstić information content (AvgIpc) is 2.57. The number of nitrogens with zero attached hydrogens (tertiary/aromatic N) is 2. The predicted molar refractivity (Wildman–Crippen MR) is 79.2 cm³/mol. The number of hydrogen-bond acceptors (Lipinski definition) is 2. The van der Waals surface area contributed by atoms with E-state index in [0.717, 1.165) is 6.07 Å². The Morgan fingerprint density at radius 3 is 2.04 bits per heavy atom. The molecule has 1 aromatic carbocycles. The summed E-state index contributed by atoms with van der Waals surface area (Å²) in [6.07, 6.45) is -6.57. The first-order chi connectivity index (χ1) is 12.3. The number of amides is 1. The second-order valence-corrected chi connectivity index (χ2v) is 6.32. The van der Waals surface area contributed by atoms with Crippen molar-refractivity contribution in [3.63, 3.8) is 0 Å². The van der Waals surface area contributed by atoms with Crippen LogP contribution in [-0.2, 0) is 11.3 Å². The maximum absolute atomic E-state index is 13.7. The minimum Gasteiger partial charge on any atom is -0.335 e. The molecule has 0 atom stereocenters. The molecule has 12 heteroatoms. The Morgan fingerprint density at radius 2 is 1.56 bits per heavy atom. The zero-order chi connectivity index (χ0) is 20.6. The lowest BCUT2D eigenvalue weighted by Crippen LogP contribution is -2.62. The van der Waals surface area contributed by atoms with Gasteiger partial charge in [0, 0.05) is 43.3 Å². The van der Waals surface area contributed by atoms with Crippen molar-refractivity contribution in [2.75, 3.05) is 26.2 Å². The zero-order valence-corrected chi connectivity index (χ0v) is 14.2. The summed E-state index contributed by atoms with van der Waals surface area (Å²) in [5.41, 5.74) is 0.118. The van der Waals surface area contributed by atoms with Crippen molar-refractivity contribution < 1.29 is 39.9 Å². The third-order valence-corrected chi connectivity index (χ3v) is 4.48. The summed E-state index contributed by atoms with van der Waals surface area (Å²) in [6.45, 7) is -1.35. The molecule has 1 saturated heterocycles. The van der Waals surface area contributed by atoms with Gasteiger partial charge in [-0.3, -0.25) is 9.69 Å². The number of carbonyl (C=O) groups excluding carboxylic acids is 1. The number of carbonyl (C=O) groups is 1. The first kappa shape index (κ1) is 21.7. The molecule has 3 nitrogen and oxygen atoms in total. The highest BCUT2D eigenvalue weighted by molar-refractivity contribution is 6.31. The van der Waals surface area contributed by atoms with E-state index < -0.39 is 42.8 Å². The molecule has 0 unspecified atom stereocenters. The Balaban J connectivity index is 2.04. The monoisotopic (exact) mass is 424 g/mol. The topological polar surface area (TPSA) is 23.6 Å². The highest BCUT2D eigenvalue weighted by Crippen LogP contribution is 2.47. The fourth-order valence-electron chi connectivity index (χ4n) is 2.53. The van der Waals surface area contributed by atoms with Crippen LogP contribution in [-0.4, -0.2) is 59.9 Å². The maximum atomic E-state index is 13.7. The number of benzene rings is 1. The standard InChI is InChI=1S/C15H13ClF8N2O/c16-10-2-1-3-11(17)9(10)8-25-4-6-26(7-5-25)12(27)13(18,19)14(20,21)15(22,23)24/h1-3H,4-8H2. The van der Waals surface area contributed by atoms with Crippen molar-refractivity contribution in [2.24, 2.45) is 0 Å². The van der Waals surface area contributed by atoms with Gasteiger partial charge in [0.05, 0.1) is 0 Å². The minimum absolute atomic E-state index is 0.0390. The first-order valence-corrected chi connectivity index (χ1v) is 7.94. The summed E-state index contributed by atoms with van der Waals surface area (Å²) in [7, 11) is 0. The molecule has 2 rings (SSSR count). The lowest BCUT2D eigenvalue weighted by molar-refractivity contribution is -0.346. The lowest BCUT2D eigenvalue weighted by Gasteiger charge is -2.37. The molecule has 0 N–H and O–H groups in total. The van der Waals surface area contributed by atoms with Crippen LogP contribution < -0.4 is 0 Å². The van der Waals surface area contributed by atoms with Crippen molar-refractivity contribution in [2.45, 2.75) is 24.6 Å². The van der Waals surface area contributed by atoms with Crippen LogP contribution in [0.4, 0.5) is 35.1 Å². The number of piperazine rings is 1. The SMILES string of the molecule is O=C(N1CCN(Cc2c(F)cccc2Cl)CC1)C(F)(F)C(F)(F)C(F)(F)F. The summed E-state index contributed by atoms with van der Waals surface area (Å²) in [5, 5.41) is 0.116. The molecule has 27 heavy (non-hydrogen) atoms. The maximum Gasteiger partial charge on any atom is 0.460 e. The van der Waals surface area contributed by atoms with E-state index in [-0.39, 0.29) is 35.1 Å². The highest BCUT2D eigenvalue weighted by atomic mass is 35.5. The summed E-state index contributed by atoms with van der Waals surface area (Å²) in [6, 6.07) is 3.96. The summed E-state index contributed by atoms with van der Waals surface area (Å²) >= 11 is 5.86. The largest absolute Gasteiger partial charge is 0.460 e. The Bertz CT molecular complexity index is 681. The Labute approximate surface area is 153 Å². The number of hydrogen-bond donors (Lipinski definition) is 0. The highest BCUT2D eigenvalue weighted by Gasteiger charge is 2.76. The van der Waals surface area contributed by atoms with Crippen LogP contribution in [0.15, 0.2) is 18.2 Å². The van der Waals surface area contributed by atoms with E-state index in [4.69, 9.17) is 11.6 Å². The second-order valence-electron chi connectivity index (χ2n) is 5.92. The molecule has 152 valence electrons. The van der Waals surface area contributed by atoms with Gasteiger partial charge >= 0.3 is 18.0 Å². The van der Waals surface area contributed by atoms with Gasteiger partial charge in [0.1, 0.15) is 5.82 Å². The molecule has 0 radical (unpaired) electrons. The van der Waals surface area contributed by atoms with Crippen LogP contribution in [0.2, 0.25) is 5.02 Å². The Kier molecular flexibility index (Phi) is 5.96. The van der Waals surface area contributed by atoms with Crippen LogP contribution in [0.5, 0.6) is 0 Å². The van der Waals surface area contributed by atoms with Crippen molar-refractivity contribution in [3.05, 3.63) is 34.6 Å². The molecular weight excluding hydrogens is 412 g/mol. The van der Waals surface area contributed by atoms with Crippen LogP contribution in [0.1, 0.15) is 5.56 Å². The smallest absolute Gasteiger partial charge is 0.335 e. The summed E-state index contributed by atoms with van der Waals surface area (Å²) in [5.74, 6) is -15.6. The van der Waals surface area contributed by atoms with Gasteiger partial charge < -0.3 is 4.90 Å². The van der Waals surface area contributed by atoms with Crippen molar-refractivity contribution in [1.29, 1.82) is 0 Å². The van der Waals surface area contributed by atoms with Crippen molar-refractivity contribution in [3.8, 4) is 0 Å². The van der Waals surface area contributed by atoms with Gasteiger partial charge in [0.15, 0.2) is 0 Å². The van der Waals surface area contributed by atoms with Crippen molar-refractivity contribution in [1.82, 2.24) is 9.80 Å². The molecule has 1 heterocycles. The number of alkyl halides is 7. The molecule has 1 aliphatic heterocycles.